The Kier molecular flexibility index (Phi) is 9.81. The van der Waals surface area contributed by atoms with E-state index in [-0.39, 0.29) is 11.8 Å². The molecule has 0 saturated heterocycles. The van der Waals surface area contributed by atoms with Gasteiger partial charge in [-0.3, -0.25) is 9.59 Å². The standard InChI is InChI=1S/C33H40N8O2/c1-23-28(15-30-21-40-19-26(7-9-32(40)38-30)17-34-11-13-36-24(2)42)5-4-6-29(23)16-31-22-41-20-27(8-10-33(41)39-31)18-35-12-14-37-25(3)43/h4-10,19-22,34-35H,11-18H2,1-3H3,(H,36,42)(H,37,43). The monoisotopic (exact) mass is 580 g/mol. The van der Waals surface area contributed by atoms with E-state index < -0.39 is 0 Å². The first-order chi connectivity index (χ1) is 20.8. The van der Waals surface area contributed by atoms with Crippen LogP contribution in [0.1, 0.15) is 53.1 Å². The molecule has 0 atom stereocenters. The second-order valence-electron chi connectivity index (χ2n) is 10.9. The van der Waals surface area contributed by atoms with E-state index in [2.05, 4.69) is 92.1 Å². The number of pyridine rings is 2. The van der Waals surface area contributed by atoms with E-state index in [1.165, 1.54) is 30.5 Å². The zero-order valence-electron chi connectivity index (χ0n) is 25.1. The zero-order chi connectivity index (χ0) is 30.2. The highest BCUT2D eigenvalue weighted by Crippen LogP contribution is 2.21. The number of carbonyl (C=O) groups is 2. The van der Waals surface area contributed by atoms with Crippen molar-refractivity contribution in [2.45, 2.75) is 46.7 Å². The molecule has 5 aromatic rings. The predicted octanol–water partition coefficient (Wildman–Crippen LogP) is 2.92. The predicted molar refractivity (Wildman–Crippen MR) is 168 cm³/mol. The molecule has 0 unspecified atom stereocenters. The van der Waals surface area contributed by atoms with Gasteiger partial charge in [0.15, 0.2) is 0 Å². The summed E-state index contributed by atoms with van der Waals surface area (Å²) in [7, 11) is 0. The van der Waals surface area contributed by atoms with Crippen molar-refractivity contribution >= 4 is 23.1 Å². The van der Waals surface area contributed by atoms with Crippen molar-refractivity contribution in [1.82, 2.24) is 40.0 Å². The quantitative estimate of drug-likeness (QED) is 0.150. The molecule has 224 valence electrons. The van der Waals surface area contributed by atoms with E-state index in [9.17, 15) is 9.59 Å². The molecule has 5 rings (SSSR count). The van der Waals surface area contributed by atoms with Crippen LogP contribution in [0.15, 0.2) is 67.3 Å². The van der Waals surface area contributed by atoms with Crippen LogP contribution in [-0.2, 0) is 35.5 Å². The lowest BCUT2D eigenvalue weighted by molar-refractivity contribution is -0.119. The van der Waals surface area contributed by atoms with E-state index in [1.807, 2.05) is 12.1 Å². The van der Waals surface area contributed by atoms with Gasteiger partial charge in [0, 0.05) is 90.7 Å². The van der Waals surface area contributed by atoms with E-state index >= 15 is 0 Å². The lowest BCUT2D eigenvalue weighted by atomic mass is 9.96. The highest BCUT2D eigenvalue weighted by atomic mass is 16.2. The van der Waals surface area contributed by atoms with Crippen molar-refractivity contribution < 1.29 is 9.59 Å². The molecular weight excluding hydrogens is 540 g/mol. The van der Waals surface area contributed by atoms with Gasteiger partial charge in [-0.05, 0) is 46.9 Å². The third kappa shape index (κ3) is 8.27. The molecule has 0 fully saturated rings. The summed E-state index contributed by atoms with van der Waals surface area (Å²) in [5.41, 5.74) is 10.0. The summed E-state index contributed by atoms with van der Waals surface area (Å²) in [6.07, 6.45) is 9.95. The number of hydrogen-bond donors (Lipinski definition) is 4. The third-order valence-corrected chi connectivity index (χ3v) is 7.44. The van der Waals surface area contributed by atoms with Gasteiger partial charge in [-0.25, -0.2) is 9.97 Å². The minimum absolute atomic E-state index is 0.0129. The van der Waals surface area contributed by atoms with Crippen molar-refractivity contribution in [2.24, 2.45) is 0 Å². The largest absolute Gasteiger partial charge is 0.355 e. The van der Waals surface area contributed by atoms with Gasteiger partial charge in [-0.2, -0.15) is 0 Å². The molecule has 2 amide bonds. The fourth-order valence-corrected chi connectivity index (χ4v) is 5.19. The molecule has 0 saturated carbocycles. The number of nitrogens with zero attached hydrogens (tertiary/aromatic N) is 4. The molecule has 0 aliphatic heterocycles. The summed E-state index contributed by atoms with van der Waals surface area (Å²) in [5, 5.41) is 12.3. The summed E-state index contributed by atoms with van der Waals surface area (Å²) >= 11 is 0. The van der Waals surface area contributed by atoms with E-state index in [4.69, 9.17) is 9.97 Å². The number of aromatic nitrogens is 4. The molecule has 0 radical (unpaired) electrons. The molecule has 0 bridgehead atoms. The minimum atomic E-state index is -0.0129. The number of imidazole rings is 2. The van der Waals surface area contributed by atoms with Gasteiger partial charge in [0.1, 0.15) is 11.3 Å². The van der Waals surface area contributed by atoms with Crippen LogP contribution >= 0.6 is 0 Å². The Labute approximate surface area is 251 Å². The van der Waals surface area contributed by atoms with Crippen LogP contribution in [0.2, 0.25) is 0 Å². The Balaban J connectivity index is 1.20. The van der Waals surface area contributed by atoms with Gasteiger partial charge in [0.05, 0.1) is 11.4 Å². The molecule has 0 aliphatic rings. The van der Waals surface area contributed by atoms with Crippen molar-refractivity contribution in [3.63, 3.8) is 0 Å². The number of benzene rings is 1. The fraction of sp³-hybridized carbons (Fsp3) is 0.333. The van der Waals surface area contributed by atoms with Gasteiger partial charge < -0.3 is 30.1 Å². The Hall–Kier alpha value is -4.54. The normalized spacial score (nSPS) is 11.3. The molecule has 4 aromatic heterocycles. The van der Waals surface area contributed by atoms with Crippen LogP contribution in [0, 0.1) is 6.92 Å². The van der Waals surface area contributed by atoms with Crippen LogP contribution in [0.3, 0.4) is 0 Å². The average molecular weight is 581 g/mol. The van der Waals surface area contributed by atoms with Crippen LogP contribution < -0.4 is 21.3 Å². The molecule has 43 heavy (non-hydrogen) atoms. The first kappa shape index (κ1) is 29.9. The summed E-state index contributed by atoms with van der Waals surface area (Å²) in [6, 6.07) is 14.8. The summed E-state index contributed by atoms with van der Waals surface area (Å²) in [6.45, 7) is 9.37. The average Bonchev–Trinajstić information content (AvgIpc) is 3.56. The highest BCUT2D eigenvalue weighted by molar-refractivity contribution is 5.73. The highest BCUT2D eigenvalue weighted by Gasteiger charge is 2.11. The van der Waals surface area contributed by atoms with E-state index in [1.54, 1.807) is 0 Å². The number of carbonyl (C=O) groups excluding carboxylic acids is 2. The number of rotatable bonds is 14. The fourth-order valence-electron chi connectivity index (χ4n) is 5.19. The molecule has 1 aromatic carbocycles. The van der Waals surface area contributed by atoms with E-state index in [0.717, 1.165) is 72.8 Å². The molecule has 0 spiro atoms. The maximum atomic E-state index is 11.0. The Morgan fingerprint density at radius 2 is 1.12 bits per heavy atom. The van der Waals surface area contributed by atoms with Crippen molar-refractivity contribution in [1.29, 1.82) is 0 Å². The van der Waals surface area contributed by atoms with Gasteiger partial charge >= 0.3 is 0 Å². The van der Waals surface area contributed by atoms with Crippen LogP contribution in [0.25, 0.3) is 11.3 Å². The van der Waals surface area contributed by atoms with Crippen molar-refractivity contribution in [3.8, 4) is 0 Å². The van der Waals surface area contributed by atoms with E-state index in [0.29, 0.717) is 13.1 Å². The van der Waals surface area contributed by atoms with Gasteiger partial charge in [0.25, 0.3) is 0 Å². The lowest BCUT2D eigenvalue weighted by Crippen LogP contribution is -2.29. The number of nitrogens with one attached hydrogen (secondary N) is 4. The summed E-state index contributed by atoms with van der Waals surface area (Å²) in [5.74, 6) is -0.0258. The number of hydrogen-bond acceptors (Lipinski definition) is 6. The first-order valence-electron chi connectivity index (χ1n) is 14.7. The zero-order valence-corrected chi connectivity index (χ0v) is 25.1. The summed E-state index contributed by atoms with van der Waals surface area (Å²) < 4.78 is 4.17. The van der Waals surface area contributed by atoms with Gasteiger partial charge in [-0.1, -0.05) is 30.3 Å². The topological polar surface area (TPSA) is 117 Å². The first-order valence-corrected chi connectivity index (χ1v) is 14.7. The molecule has 10 heteroatoms. The van der Waals surface area contributed by atoms with Crippen molar-refractivity contribution in [2.75, 3.05) is 26.2 Å². The van der Waals surface area contributed by atoms with Crippen LogP contribution in [-0.4, -0.2) is 56.8 Å². The lowest BCUT2D eigenvalue weighted by Gasteiger charge is -2.09. The third-order valence-electron chi connectivity index (χ3n) is 7.44. The maximum Gasteiger partial charge on any atom is 0.216 e. The van der Waals surface area contributed by atoms with Crippen LogP contribution in [0.4, 0.5) is 0 Å². The molecule has 4 heterocycles. The number of amides is 2. The Bertz CT molecular complexity index is 1600. The second kappa shape index (κ2) is 14.1. The maximum absolute atomic E-state index is 11.0. The minimum Gasteiger partial charge on any atom is -0.355 e. The van der Waals surface area contributed by atoms with Crippen LogP contribution in [0.5, 0.6) is 0 Å². The molecule has 10 nitrogen and oxygen atoms in total. The Morgan fingerprint density at radius 3 is 1.56 bits per heavy atom. The second-order valence-corrected chi connectivity index (χ2v) is 10.9. The number of fused-ring (bicyclic) bond motifs is 2. The smallest absolute Gasteiger partial charge is 0.216 e. The van der Waals surface area contributed by atoms with Gasteiger partial charge in [0.2, 0.25) is 11.8 Å². The molecular formula is C33H40N8O2. The SMILES string of the molecule is CC(=O)NCCNCc1ccc2nc(Cc3cccc(Cc4cn5cc(CNCCNC(C)=O)ccc5n4)c3C)cn2c1. The summed E-state index contributed by atoms with van der Waals surface area (Å²) in [4.78, 5) is 31.8. The molecule has 4 N–H and O–H groups in total. The van der Waals surface area contributed by atoms with Gasteiger partial charge in [-0.15, -0.1) is 0 Å². The van der Waals surface area contributed by atoms with Crippen molar-refractivity contribution in [3.05, 3.63) is 106 Å². The molecule has 0 aliphatic carbocycles. The Morgan fingerprint density at radius 1 is 0.651 bits per heavy atom.